The Labute approximate surface area is 164 Å². The van der Waals surface area contributed by atoms with Gasteiger partial charge in [0, 0.05) is 38.1 Å². The van der Waals surface area contributed by atoms with Crippen molar-refractivity contribution in [1.29, 1.82) is 0 Å². The van der Waals surface area contributed by atoms with Gasteiger partial charge in [0.15, 0.2) is 0 Å². The van der Waals surface area contributed by atoms with E-state index in [9.17, 15) is 18.4 Å². The third-order valence-electron chi connectivity index (χ3n) is 5.09. The number of carboxylic acid groups (broad SMARTS) is 1. The molecular weight excluding hydrogens is 368 g/mol. The van der Waals surface area contributed by atoms with Gasteiger partial charge >= 0.3 is 12.0 Å². The summed E-state index contributed by atoms with van der Waals surface area (Å²) in [5, 5.41) is 11.9. The van der Waals surface area contributed by atoms with Crippen molar-refractivity contribution in [2.75, 3.05) is 26.2 Å². The number of halogens is 2. The first-order valence-corrected chi connectivity index (χ1v) is 9.72. The molecule has 1 saturated heterocycles. The van der Waals surface area contributed by atoms with Gasteiger partial charge in [-0.1, -0.05) is 37.3 Å². The first kappa shape index (κ1) is 22.1. The Balaban J connectivity index is 1.96. The number of nitrogens with one attached hydrogen (secondary N) is 1. The average Bonchev–Trinajstić information content (AvgIpc) is 2.66. The third-order valence-corrected chi connectivity index (χ3v) is 5.09. The highest BCUT2D eigenvalue weighted by Gasteiger charge is 2.30. The molecule has 0 spiro atoms. The largest absolute Gasteiger partial charge is 0.481 e. The number of alkyl halides is 2. The second-order valence-electron chi connectivity index (χ2n) is 7.16. The highest BCUT2D eigenvalue weighted by molar-refractivity contribution is 5.75. The number of amides is 2. The van der Waals surface area contributed by atoms with Gasteiger partial charge in [0.2, 0.25) is 0 Å². The monoisotopic (exact) mass is 397 g/mol. The van der Waals surface area contributed by atoms with Gasteiger partial charge in [-0.2, -0.15) is 0 Å². The third kappa shape index (κ3) is 7.07. The van der Waals surface area contributed by atoms with Crippen molar-refractivity contribution >= 4 is 12.0 Å². The van der Waals surface area contributed by atoms with E-state index in [1.165, 1.54) is 0 Å². The molecule has 6 nitrogen and oxygen atoms in total. The molecule has 0 radical (unpaired) electrons. The van der Waals surface area contributed by atoms with Gasteiger partial charge in [0.05, 0.1) is 6.54 Å². The number of piperazine rings is 1. The molecule has 2 amide bonds. The zero-order valence-corrected chi connectivity index (χ0v) is 16.2. The highest BCUT2D eigenvalue weighted by Crippen LogP contribution is 2.16. The lowest BCUT2D eigenvalue weighted by atomic mass is 10.0. The lowest BCUT2D eigenvalue weighted by Gasteiger charge is -2.41. The number of carbonyl (C=O) groups is 2. The molecule has 2 rings (SSSR count). The van der Waals surface area contributed by atoms with Crippen molar-refractivity contribution in [1.82, 2.24) is 15.1 Å². The molecule has 1 aliphatic rings. The number of hydrogen-bond donors (Lipinski definition) is 2. The minimum absolute atomic E-state index is 0.0302. The van der Waals surface area contributed by atoms with E-state index in [0.717, 1.165) is 5.56 Å². The number of carbonyl (C=O) groups excluding carboxylic acids is 1. The van der Waals surface area contributed by atoms with Crippen molar-refractivity contribution in [2.45, 2.75) is 51.1 Å². The molecule has 2 unspecified atom stereocenters. The van der Waals surface area contributed by atoms with Crippen LogP contribution in [0.4, 0.5) is 13.6 Å². The van der Waals surface area contributed by atoms with Crippen LogP contribution in [0, 0.1) is 0 Å². The molecule has 0 saturated carbocycles. The highest BCUT2D eigenvalue weighted by atomic mass is 19.3. The van der Waals surface area contributed by atoms with Crippen molar-refractivity contribution in [3.8, 4) is 0 Å². The Morgan fingerprint density at radius 1 is 1.25 bits per heavy atom. The normalized spacial score (nSPS) is 18.9. The van der Waals surface area contributed by atoms with Gasteiger partial charge < -0.3 is 15.3 Å². The number of urea groups is 1. The molecule has 1 aliphatic heterocycles. The molecule has 2 N–H and O–H groups in total. The first-order chi connectivity index (χ1) is 13.4. The quantitative estimate of drug-likeness (QED) is 0.672. The van der Waals surface area contributed by atoms with E-state index in [1.54, 1.807) is 9.80 Å². The van der Waals surface area contributed by atoms with E-state index >= 15 is 0 Å². The van der Waals surface area contributed by atoms with Crippen molar-refractivity contribution in [3.63, 3.8) is 0 Å². The fourth-order valence-corrected chi connectivity index (χ4v) is 3.57. The second kappa shape index (κ2) is 10.9. The van der Waals surface area contributed by atoms with Gasteiger partial charge in [0.1, 0.15) is 0 Å². The van der Waals surface area contributed by atoms with E-state index in [4.69, 9.17) is 5.11 Å². The zero-order valence-electron chi connectivity index (χ0n) is 16.2. The molecule has 1 heterocycles. The Hall–Kier alpha value is -2.22. The minimum atomic E-state index is -2.39. The molecule has 8 heteroatoms. The number of carboxylic acids is 1. The van der Waals surface area contributed by atoms with Crippen LogP contribution >= 0.6 is 0 Å². The van der Waals surface area contributed by atoms with Gasteiger partial charge in [-0.25, -0.2) is 13.6 Å². The van der Waals surface area contributed by atoms with Crippen LogP contribution in [-0.4, -0.2) is 71.6 Å². The number of hydrogen-bond acceptors (Lipinski definition) is 3. The summed E-state index contributed by atoms with van der Waals surface area (Å²) in [6.45, 7) is 2.84. The van der Waals surface area contributed by atoms with Crippen LogP contribution in [0.25, 0.3) is 0 Å². The number of rotatable bonds is 9. The lowest BCUT2D eigenvalue weighted by molar-refractivity contribution is -0.137. The molecule has 1 aromatic rings. The van der Waals surface area contributed by atoms with E-state index < -0.39 is 12.4 Å². The summed E-state index contributed by atoms with van der Waals surface area (Å²) in [6.07, 6.45) is -0.859. The maximum atomic E-state index is 12.7. The molecule has 2 atom stereocenters. The molecule has 0 bridgehead atoms. The first-order valence-electron chi connectivity index (χ1n) is 9.72. The van der Waals surface area contributed by atoms with E-state index in [1.807, 2.05) is 37.3 Å². The number of benzene rings is 1. The average molecular weight is 397 g/mol. The number of nitrogens with zero attached hydrogens (tertiary/aromatic N) is 2. The van der Waals surface area contributed by atoms with Crippen LogP contribution in [0.1, 0.15) is 31.7 Å². The Morgan fingerprint density at radius 2 is 1.96 bits per heavy atom. The predicted octanol–water partition coefficient (Wildman–Crippen LogP) is 2.83. The summed E-state index contributed by atoms with van der Waals surface area (Å²) < 4.78 is 25.5. The maximum absolute atomic E-state index is 12.7. The van der Waals surface area contributed by atoms with Crippen LogP contribution in [-0.2, 0) is 11.2 Å². The van der Waals surface area contributed by atoms with Crippen molar-refractivity contribution in [2.24, 2.45) is 0 Å². The molecule has 28 heavy (non-hydrogen) atoms. The van der Waals surface area contributed by atoms with Gasteiger partial charge in [-0.15, -0.1) is 0 Å². The SMILES string of the molecule is CCC1CN(C(=O)NC(CCC(=O)O)Cc2ccccc2)CCN1CC(F)F. The van der Waals surface area contributed by atoms with Gasteiger partial charge in [-0.3, -0.25) is 9.69 Å². The Morgan fingerprint density at radius 3 is 2.57 bits per heavy atom. The predicted molar refractivity (Wildman–Crippen MR) is 103 cm³/mol. The second-order valence-corrected chi connectivity index (χ2v) is 7.16. The van der Waals surface area contributed by atoms with Crippen molar-refractivity contribution in [3.05, 3.63) is 35.9 Å². The molecular formula is C20H29F2N3O3. The fourth-order valence-electron chi connectivity index (χ4n) is 3.57. The standard InChI is InChI=1S/C20H29F2N3O3/c1-2-17-13-25(11-10-24(17)14-18(21)22)20(28)23-16(8-9-19(26)27)12-15-6-4-3-5-7-15/h3-7,16-18H,2,8-14H2,1H3,(H,23,28)(H,26,27). The van der Waals surface area contributed by atoms with E-state index in [-0.39, 0.29) is 31.1 Å². The molecule has 156 valence electrons. The summed E-state index contributed by atoms with van der Waals surface area (Å²) >= 11 is 0. The topological polar surface area (TPSA) is 72.9 Å². The fraction of sp³-hybridized carbons (Fsp3) is 0.600. The summed E-state index contributed by atoms with van der Waals surface area (Å²) in [4.78, 5) is 27.1. The molecule has 0 aliphatic carbocycles. The maximum Gasteiger partial charge on any atom is 0.317 e. The van der Waals surface area contributed by atoms with Gasteiger partial charge in [0.25, 0.3) is 6.43 Å². The molecule has 1 fully saturated rings. The summed E-state index contributed by atoms with van der Waals surface area (Å²) in [5.74, 6) is -0.904. The smallest absolute Gasteiger partial charge is 0.317 e. The summed E-state index contributed by atoms with van der Waals surface area (Å²) in [5.41, 5.74) is 1.02. The van der Waals surface area contributed by atoms with Crippen LogP contribution in [0.5, 0.6) is 0 Å². The van der Waals surface area contributed by atoms with Crippen LogP contribution in [0.15, 0.2) is 30.3 Å². The van der Waals surface area contributed by atoms with Crippen LogP contribution in [0.2, 0.25) is 0 Å². The zero-order chi connectivity index (χ0) is 20.5. The lowest BCUT2D eigenvalue weighted by Crippen LogP contribution is -2.58. The Bertz CT molecular complexity index is 630. The number of aliphatic carboxylic acids is 1. The summed E-state index contributed by atoms with van der Waals surface area (Å²) in [7, 11) is 0. The minimum Gasteiger partial charge on any atom is -0.481 e. The molecule has 0 aromatic heterocycles. The van der Waals surface area contributed by atoms with Crippen LogP contribution in [0.3, 0.4) is 0 Å². The summed E-state index contributed by atoms with van der Waals surface area (Å²) in [6, 6.07) is 8.93. The molecule has 1 aromatic carbocycles. The van der Waals surface area contributed by atoms with Crippen molar-refractivity contribution < 1.29 is 23.5 Å². The van der Waals surface area contributed by atoms with E-state index in [2.05, 4.69) is 5.32 Å². The Kier molecular flexibility index (Phi) is 8.63. The van der Waals surface area contributed by atoms with E-state index in [0.29, 0.717) is 38.9 Å². The van der Waals surface area contributed by atoms with Gasteiger partial charge in [-0.05, 0) is 24.8 Å². The van der Waals surface area contributed by atoms with Crippen LogP contribution < -0.4 is 5.32 Å².